The predicted molar refractivity (Wildman–Crippen MR) is 71.7 cm³/mol. The van der Waals surface area contributed by atoms with Crippen molar-refractivity contribution in [1.29, 1.82) is 0 Å². The molecule has 1 heterocycles. The minimum Gasteiger partial charge on any atom is -0.377 e. The Hall–Kier alpha value is -1.55. The Labute approximate surface area is 108 Å². The first-order valence-electron chi connectivity index (χ1n) is 6.37. The number of rotatable bonds is 4. The molecule has 4 heteroatoms. The number of amides is 2. The highest BCUT2D eigenvalue weighted by molar-refractivity contribution is 5.89. The van der Waals surface area contributed by atoms with Gasteiger partial charge < -0.3 is 15.4 Å². The fraction of sp³-hybridized carbons (Fsp3) is 0.500. The minimum atomic E-state index is -0.167. The van der Waals surface area contributed by atoms with Crippen molar-refractivity contribution in [1.82, 2.24) is 5.32 Å². The van der Waals surface area contributed by atoms with E-state index in [0.717, 1.165) is 12.1 Å². The zero-order valence-corrected chi connectivity index (χ0v) is 10.9. The second kappa shape index (κ2) is 5.87. The lowest BCUT2D eigenvalue weighted by Gasteiger charge is -2.26. The molecule has 1 saturated heterocycles. The van der Waals surface area contributed by atoms with Crippen LogP contribution in [0, 0.1) is 5.92 Å². The first kappa shape index (κ1) is 12.9. The molecule has 0 aliphatic carbocycles. The van der Waals surface area contributed by atoms with E-state index in [1.807, 2.05) is 12.1 Å². The van der Waals surface area contributed by atoms with Crippen LogP contribution in [0.5, 0.6) is 0 Å². The largest absolute Gasteiger partial charge is 0.377 e. The van der Waals surface area contributed by atoms with Gasteiger partial charge in [-0.05, 0) is 30.0 Å². The van der Waals surface area contributed by atoms with Crippen LogP contribution in [0.1, 0.15) is 19.4 Å². The van der Waals surface area contributed by atoms with E-state index in [1.165, 1.54) is 5.56 Å². The quantitative estimate of drug-likeness (QED) is 0.859. The van der Waals surface area contributed by atoms with Crippen LogP contribution < -0.4 is 10.6 Å². The van der Waals surface area contributed by atoms with Crippen LogP contribution in [-0.4, -0.2) is 25.3 Å². The molecule has 2 rings (SSSR count). The van der Waals surface area contributed by atoms with Crippen LogP contribution in [0.15, 0.2) is 24.3 Å². The van der Waals surface area contributed by atoms with Gasteiger partial charge in [-0.2, -0.15) is 0 Å². The van der Waals surface area contributed by atoms with Gasteiger partial charge in [0.2, 0.25) is 0 Å². The van der Waals surface area contributed by atoms with Crippen molar-refractivity contribution in [3.8, 4) is 0 Å². The summed E-state index contributed by atoms with van der Waals surface area (Å²) in [5.41, 5.74) is 2.11. The van der Waals surface area contributed by atoms with Crippen molar-refractivity contribution >= 4 is 11.7 Å². The number of benzene rings is 1. The van der Waals surface area contributed by atoms with E-state index in [9.17, 15) is 4.79 Å². The van der Waals surface area contributed by atoms with Crippen LogP contribution >= 0.6 is 0 Å². The first-order valence-corrected chi connectivity index (χ1v) is 6.37. The molecule has 18 heavy (non-hydrogen) atoms. The standard InChI is InChI=1S/C14H20N2O2/c1-10(2)7-11-3-5-12(6-4-11)15-14(17)16-13-8-18-9-13/h3-6,10,13H,7-9H2,1-2H3,(H2,15,16,17). The van der Waals surface area contributed by atoms with Gasteiger partial charge in [0.15, 0.2) is 0 Å². The summed E-state index contributed by atoms with van der Waals surface area (Å²) in [6, 6.07) is 7.98. The molecule has 0 atom stereocenters. The van der Waals surface area contributed by atoms with E-state index < -0.39 is 0 Å². The zero-order valence-electron chi connectivity index (χ0n) is 10.9. The molecular formula is C14H20N2O2. The third-order valence-electron chi connectivity index (χ3n) is 2.83. The van der Waals surface area contributed by atoms with Gasteiger partial charge >= 0.3 is 6.03 Å². The van der Waals surface area contributed by atoms with Crippen LogP contribution in [0.2, 0.25) is 0 Å². The zero-order chi connectivity index (χ0) is 13.0. The van der Waals surface area contributed by atoms with Crippen molar-refractivity contribution in [2.24, 2.45) is 5.92 Å². The minimum absolute atomic E-state index is 0.158. The Kier molecular flexibility index (Phi) is 4.20. The number of ether oxygens (including phenoxy) is 1. The van der Waals surface area contributed by atoms with Gasteiger partial charge in [-0.25, -0.2) is 4.79 Å². The average Bonchev–Trinajstić information content (AvgIpc) is 2.26. The fourth-order valence-corrected chi connectivity index (χ4v) is 1.87. The van der Waals surface area contributed by atoms with Crippen LogP contribution in [0.4, 0.5) is 10.5 Å². The van der Waals surface area contributed by atoms with Gasteiger partial charge in [-0.1, -0.05) is 26.0 Å². The summed E-state index contributed by atoms with van der Waals surface area (Å²) >= 11 is 0. The molecule has 0 bridgehead atoms. The van der Waals surface area contributed by atoms with E-state index in [0.29, 0.717) is 19.1 Å². The van der Waals surface area contributed by atoms with Crippen molar-refractivity contribution in [3.05, 3.63) is 29.8 Å². The molecule has 1 aliphatic rings. The Morgan fingerprint density at radius 3 is 2.50 bits per heavy atom. The lowest BCUT2D eigenvalue weighted by molar-refractivity contribution is 0.000735. The molecular weight excluding hydrogens is 228 g/mol. The summed E-state index contributed by atoms with van der Waals surface area (Å²) < 4.78 is 5.00. The van der Waals surface area contributed by atoms with Crippen molar-refractivity contribution in [2.75, 3.05) is 18.5 Å². The summed E-state index contributed by atoms with van der Waals surface area (Å²) in [5.74, 6) is 0.644. The molecule has 2 amide bonds. The van der Waals surface area contributed by atoms with Crippen molar-refractivity contribution in [3.63, 3.8) is 0 Å². The maximum atomic E-state index is 11.6. The number of anilines is 1. The SMILES string of the molecule is CC(C)Cc1ccc(NC(=O)NC2COC2)cc1. The maximum Gasteiger partial charge on any atom is 0.319 e. The lowest BCUT2D eigenvalue weighted by atomic mass is 10.0. The van der Waals surface area contributed by atoms with E-state index in [2.05, 4.69) is 36.6 Å². The Bertz CT molecular complexity index is 397. The number of hydrogen-bond donors (Lipinski definition) is 2. The van der Waals surface area contributed by atoms with Gasteiger partial charge in [-0.15, -0.1) is 0 Å². The van der Waals surface area contributed by atoms with Gasteiger partial charge in [0, 0.05) is 5.69 Å². The average molecular weight is 248 g/mol. The highest BCUT2D eigenvalue weighted by atomic mass is 16.5. The van der Waals surface area contributed by atoms with E-state index in [-0.39, 0.29) is 12.1 Å². The Balaban J connectivity index is 1.83. The van der Waals surface area contributed by atoms with E-state index in [4.69, 9.17) is 4.74 Å². The molecule has 0 radical (unpaired) electrons. The normalized spacial score (nSPS) is 15.3. The van der Waals surface area contributed by atoms with Crippen molar-refractivity contribution < 1.29 is 9.53 Å². The van der Waals surface area contributed by atoms with Gasteiger partial charge in [-0.3, -0.25) is 0 Å². The maximum absolute atomic E-state index is 11.6. The number of carbonyl (C=O) groups excluding carboxylic acids is 1. The summed E-state index contributed by atoms with van der Waals surface area (Å²) in [6.45, 7) is 5.61. The third-order valence-corrected chi connectivity index (χ3v) is 2.83. The fourth-order valence-electron chi connectivity index (χ4n) is 1.87. The van der Waals surface area contributed by atoms with E-state index >= 15 is 0 Å². The second-order valence-electron chi connectivity index (χ2n) is 5.13. The Morgan fingerprint density at radius 1 is 1.33 bits per heavy atom. The second-order valence-corrected chi connectivity index (χ2v) is 5.13. The topological polar surface area (TPSA) is 50.4 Å². The molecule has 4 nitrogen and oxygen atoms in total. The Morgan fingerprint density at radius 2 is 2.00 bits per heavy atom. The van der Waals surface area contributed by atoms with Gasteiger partial charge in [0.25, 0.3) is 0 Å². The molecule has 1 aliphatic heterocycles. The highest BCUT2D eigenvalue weighted by Crippen LogP contribution is 2.13. The predicted octanol–water partition coefficient (Wildman–Crippen LogP) is 2.41. The molecule has 0 spiro atoms. The summed E-state index contributed by atoms with van der Waals surface area (Å²) in [4.78, 5) is 11.6. The molecule has 2 N–H and O–H groups in total. The monoisotopic (exact) mass is 248 g/mol. The van der Waals surface area contributed by atoms with Crippen LogP contribution in [0.25, 0.3) is 0 Å². The lowest BCUT2D eigenvalue weighted by Crippen LogP contribution is -2.49. The van der Waals surface area contributed by atoms with Gasteiger partial charge in [0.05, 0.1) is 19.3 Å². The van der Waals surface area contributed by atoms with E-state index in [1.54, 1.807) is 0 Å². The highest BCUT2D eigenvalue weighted by Gasteiger charge is 2.20. The molecule has 1 aromatic carbocycles. The number of carbonyl (C=O) groups is 1. The van der Waals surface area contributed by atoms with Crippen LogP contribution in [0.3, 0.4) is 0 Å². The summed E-state index contributed by atoms with van der Waals surface area (Å²) in [6.07, 6.45) is 1.06. The molecule has 1 aromatic rings. The molecule has 0 saturated carbocycles. The first-order chi connectivity index (χ1) is 8.63. The smallest absolute Gasteiger partial charge is 0.319 e. The summed E-state index contributed by atoms with van der Waals surface area (Å²) in [7, 11) is 0. The molecule has 1 fully saturated rings. The molecule has 0 aromatic heterocycles. The number of nitrogens with one attached hydrogen (secondary N) is 2. The van der Waals surface area contributed by atoms with Gasteiger partial charge in [0.1, 0.15) is 0 Å². The molecule has 98 valence electrons. The number of hydrogen-bond acceptors (Lipinski definition) is 2. The molecule has 0 unspecified atom stereocenters. The van der Waals surface area contributed by atoms with Crippen molar-refractivity contribution in [2.45, 2.75) is 26.3 Å². The van der Waals surface area contributed by atoms with Crippen LogP contribution in [-0.2, 0) is 11.2 Å². The summed E-state index contributed by atoms with van der Waals surface area (Å²) in [5, 5.41) is 5.65. The number of urea groups is 1. The third kappa shape index (κ3) is 3.74.